The van der Waals surface area contributed by atoms with Crippen LogP contribution in [0.15, 0.2) is 48.4 Å². The molecule has 0 amide bonds. The minimum atomic E-state index is 0.162. The van der Waals surface area contributed by atoms with Gasteiger partial charge < -0.3 is 5.11 Å². The molecular weight excluding hydrogens is 258 g/mol. The van der Waals surface area contributed by atoms with Crippen LogP contribution in [0.1, 0.15) is 45.9 Å². The predicted octanol–water partition coefficient (Wildman–Crippen LogP) is 5.36. The van der Waals surface area contributed by atoms with Crippen molar-refractivity contribution in [3.8, 4) is 11.1 Å². The quantitative estimate of drug-likeness (QED) is 0.752. The number of aromatic nitrogens is 1. The number of rotatable bonds is 2. The second-order valence-electron chi connectivity index (χ2n) is 6.47. The minimum absolute atomic E-state index is 0.162. The Morgan fingerprint density at radius 2 is 1.57 bits per heavy atom. The molecule has 2 aromatic rings. The number of hydrogen-bond donors (Lipinski definition) is 1. The molecule has 0 aliphatic carbocycles. The molecule has 0 saturated heterocycles. The first-order chi connectivity index (χ1) is 9.79. The van der Waals surface area contributed by atoms with Crippen LogP contribution in [-0.4, -0.2) is 10.1 Å². The molecule has 0 radical (unpaired) electrons. The lowest BCUT2D eigenvalue weighted by molar-refractivity contribution is 0.416. The van der Waals surface area contributed by atoms with Gasteiger partial charge in [0, 0.05) is 11.8 Å². The maximum Gasteiger partial charge on any atom is 0.0942 e. The zero-order valence-electron chi connectivity index (χ0n) is 13.4. The zero-order chi connectivity index (χ0) is 15.6. The van der Waals surface area contributed by atoms with E-state index in [2.05, 4.69) is 50.0 Å². The van der Waals surface area contributed by atoms with E-state index in [0.717, 1.165) is 22.4 Å². The van der Waals surface area contributed by atoms with Crippen LogP contribution in [0.5, 0.6) is 0 Å². The van der Waals surface area contributed by atoms with Crippen molar-refractivity contribution < 1.29 is 5.11 Å². The molecule has 21 heavy (non-hydrogen) atoms. The summed E-state index contributed by atoms with van der Waals surface area (Å²) in [4.78, 5) is 4.33. The predicted molar refractivity (Wildman–Crippen MR) is 89.3 cm³/mol. The van der Waals surface area contributed by atoms with E-state index in [1.165, 1.54) is 5.56 Å². The maximum absolute atomic E-state index is 9.60. The SMILES string of the molecule is C/C(O)=C(\C)c1cc(-c2ccc(C(C)(C)C)cc2)ccn1. The van der Waals surface area contributed by atoms with Crippen molar-refractivity contribution in [3.05, 3.63) is 59.6 Å². The van der Waals surface area contributed by atoms with Crippen molar-refractivity contribution in [2.45, 2.75) is 40.0 Å². The summed E-state index contributed by atoms with van der Waals surface area (Å²) >= 11 is 0. The number of nitrogens with zero attached hydrogens (tertiary/aromatic N) is 1. The summed E-state index contributed by atoms with van der Waals surface area (Å²) in [7, 11) is 0. The molecule has 1 aromatic carbocycles. The topological polar surface area (TPSA) is 33.1 Å². The van der Waals surface area contributed by atoms with E-state index in [1.807, 2.05) is 19.1 Å². The molecule has 0 atom stereocenters. The van der Waals surface area contributed by atoms with Gasteiger partial charge in [-0.15, -0.1) is 0 Å². The van der Waals surface area contributed by atoms with Crippen LogP contribution in [0, 0.1) is 0 Å². The summed E-state index contributed by atoms with van der Waals surface area (Å²) in [6, 6.07) is 12.6. The molecule has 0 fully saturated rings. The van der Waals surface area contributed by atoms with Crippen LogP contribution in [0.2, 0.25) is 0 Å². The lowest BCUT2D eigenvalue weighted by atomic mass is 9.86. The van der Waals surface area contributed by atoms with E-state index in [0.29, 0.717) is 5.76 Å². The third-order valence-corrected chi connectivity index (χ3v) is 3.77. The highest BCUT2D eigenvalue weighted by Gasteiger charge is 2.13. The van der Waals surface area contributed by atoms with Gasteiger partial charge in [0.25, 0.3) is 0 Å². The molecule has 2 heteroatoms. The Hall–Kier alpha value is -2.09. The van der Waals surface area contributed by atoms with Gasteiger partial charge in [0.15, 0.2) is 0 Å². The van der Waals surface area contributed by atoms with Crippen molar-refractivity contribution in [1.29, 1.82) is 0 Å². The van der Waals surface area contributed by atoms with E-state index >= 15 is 0 Å². The van der Waals surface area contributed by atoms with E-state index in [1.54, 1.807) is 13.1 Å². The highest BCUT2D eigenvalue weighted by Crippen LogP contribution is 2.27. The Balaban J connectivity index is 2.39. The second kappa shape index (κ2) is 5.72. The molecule has 110 valence electrons. The average Bonchev–Trinajstić information content (AvgIpc) is 2.46. The van der Waals surface area contributed by atoms with Crippen LogP contribution in [0.25, 0.3) is 16.7 Å². The third kappa shape index (κ3) is 3.52. The summed E-state index contributed by atoms with van der Waals surface area (Å²) in [5.41, 5.74) is 5.38. The molecule has 0 aliphatic heterocycles. The van der Waals surface area contributed by atoms with E-state index in [4.69, 9.17) is 0 Å². The van der Waals surface area contributed by atoms with Gasteiger partial charge in [0.1, 0.15) is 0 Å². The largest absolute Gasteiger partial charge is 0.512 e. The number of aliphatic hydroxyl groups is 1. The summed E-state index contributed by atoms with van der Waals surface area (Å²) in [6.45, 7) is 10.2. The van der Waals surface area contributed by atoms with Gasteiger partial charge in [-0.25, -0.2) is 0 Å². The number of aliphatic hydroxyl groups excluding tert-OH is 1. The Morgan fingerprint density at radius 3 is 2.10 bits per heavy atom. The van der Waals surface area contributed by atoms with Crippen molar-refractivity contribution >= 4 is 5.57 Å². The maximum atomic E-state index is 9.60. The second-order valence-corrected chi connectivity index (χ2v) is 6.47. The molecule has 1 aromatic heterocycles. The molecule has 0 bridgehead atoms. The fourth-order valence-corrected chi connectivity index (χ4v) is 2.16. The lowest BCUT2D eigenvalue weighted by Gasteiger charge is -2.19. The van der Waals surface area contributed by atoms with Crippen molar-refractivity contribution in [2.24, 2.45) is 0 Å². The van der Waals surface area contributed by atoms with Crippen LogP contribution >= 0.6 is 0 Å². The first-order valence-electron chi connectivity index (χ1n) is 7.23. The first-order valence-corrected chi connectivity index (χ1v) is 7.23. The fourth-order valence-electron chi connectivity index (χ4n) is 2.16. The summed E-state index contributed by atoms with van der Waals surface area (Å²) in [5, 5.41) is 9.60. The highest BCUT2D eigenvalue weighted by molar-refractivity contribution is 5.70. The highest BCUT2D eigenvalue weighted by atomic mass is 16.3. The smallest absolute Gasteiger partial charge is 0.0942 e. The fraction of sp³-hybridized carbons (Fsp3) is 0.316. The number of benzene rings is 1. The van der Waals surface area contributed by atoms with Crippen LogP contribution in [-0.2, 0) is 5.41 Å². The van der Waals surface area contributed by atoms with E-state index < -0.39 is 0 Å². The summed E-state index contributed by atoms with van der Waals surface area (Å²) in [5.74, 6) is 0.308. The Morgan fingerprint density at radius 1 is 0.952 bits per heavy atom. The Labute approximate surface area is 127 Å². The van der Waals surface area contributed by atoms with Gasteiger partial charge in [-0.1, -0.05) is 45.0 Å². The molecule has 1 heterocycles. The molecule has 0 spiro atoms. The van der Waals surface area contributed by atoms with Crippen molar-refractivity contribution in [2.75, 3.05) is 0 Å². The van der Waals surface area contributed by atoms with Gasteiger partial charge >= 0.3 is 0 Å². The van der Waals surface area contributed by atoms with E-state index in [9.17, 15) is 5.11 Å². The summed E-state index contributed by atoms with van der Waals surface area (Å²) < 4.78 is 0. The van der Waals surface area contributed by atoms with Gasteiger partial charge in [0.05, 0.1) is 11.5 Å². The van der Waals surface area contributed by atoms with Gasteiger partial charge in [-0.05, 0) is 48.1 Å². The molecular formula is C19H23NO. The van der Waals surface area contributed by atoms with E-state index in [-0.39, 0.29) is 5.41 Å². The summed E-state index contributed by atoms with van der Waals surface area (Å²) in [6.07, 6.45) is 1.79. The monoisotopic (exact) mass is 281 g/mol. The molecule has 0 aliphatic rings. The third-order valence-electron chi connectivity index (χ3n) is 3.77. The first kappa shape index (κ1) is 15.3. The molecule has 0 unspecified atom stereocenters. The zero-order valence-corrected chi connectivity index (χ0v) is 13.4. The normalized spacial score (nSPS) is 13.0. The number of pyridine rings is 1. The standard InChI is InChI=1S/C19H23NO/c1-13(14(2)21)18-12-16(10-11-20-18)15-6-8-17(9-7-15)19(3,4)5/h6-12,21H,1-5H3/b14-13-. The minimum Gasteiger partial charge on any atom is -0.512 e. The van der Waals surface area contributed by atoms with Gasteiger partial charge in [0.2, 0.25) is 0 Å². The average molecular weight is 281 g/mol. The van der Waals surface area contributed by atoms with Gasteiger partial charge in [-0.3, -0.25) is 4.98 Å². The number of hydrogen-bond acceptors (Lipinski definition) is 2. The van der Waals surface area contributed by atoms with Crippen LogP contribution in [0.4, 0.5) is 0 Å². The Kier molecular flexibility index (Phi) is 4.17. The molecule has 2 rings (SSSR count). The van der Waals surface area contributed by atoms with Crippen LogP contribution in [0.3, 0.4) is 0 Å². The van der Waals surface area contributed by atoms with Crippen molar-refractivity contribution in [3.63, 3.8) is 0 Å². The van der Waals surface area contributed by atoms with Crippen molar-refractivity contribution in [1.82, 2.24) is 4.98 Å². The van der Waals surface area contributed by atoms with Gasteiger partial charge in [-0.2, -0.15) is 0 Å². The number of allylic oxidation sites excluding steroid dienone is 2. The lowest BCUT2D eigenvalue weighted by Crippen LogP contribution is -2.10. The molecule has 2 nitrogen and oxygen atoms in total. The van der Waals surface area contributed by atoms with Crippen LogP contribution < -0.4 is 0 Å². The molecule has 1 N–H and O–H groups in total. The Bertz CT molecular complexity index is 657. The molecule has 0 saturated carbocycles.